The van der Waals surface area contributed by atoms with E-state index in [0.717, 1.165) is 25.3 Å². The second-order valence-corrected chi connectivity index (χ2v) is 4.81. The van der Waals surface area contributed by atoms with Gasteiger partial charge in [0.2, 0.25) is 0 Å². The van der Waals surface area contributed by atoms with E-state index in [1.54, 1.807) is 0 Å². The Balaban J connectivity index is 2.93. The maximum absolute atomic E-state index is 13.6. The van der Waals surface area contributed by atoms with Gasteiger partial charge in [0.1, 0.15) is 6.04 Å². The van der Waals surface area contributed by atoms with Crippen molar-refractivity contribution in [1.29, 1.82) is 0 Å². The second kappa shape index (κ2) is 8.21. The minimum atomic E-state index is -1.32. The minimum absolute atomic E-state index is 0.109. The quantitative estimate of drug-likeness (QED) is 0.799. The fourth-order valence-electron chi connectivity index (χ4n) is 1.92. The summed E-state index contributed by atoms with van der Waals surface area (Å²) in [6.07, 6.45) is -0.109. The molecule has 0 aliphatic rings. The molecule has 0 radical (unpaired) electrons. The Morgan fingerprint density at radius 3 is 2.30 bits per heavy atom. The number of methoxy groups -OCH3 is 2. The lowest BCUT2D eigenvalue weighted by Gasteiger charge is -2.19. The van der Waals surface area contributed by atoms with Crippen molar-refractivity contribution in [2.45, 2.75) is 19.4 Å². The maximum Gasteiger partial charge on any atom is 0.328 e. The first-order chi connectivity index (χ1) is 10.8. The van der Waals surface area contributed by atoms with Crippen LogP contribution in [0.2, 0.25) is 0 Å². The molecule has 1 N–H and O–H groups in total. The molecule has 23 heavy (non-hydrogen) atoms. The Morgan fingerprint density at radius 2 is 1.74 bits per heavy atom. The van der Waals surface area contributed by atoms with Gasteiger partial charge in [0, 0.05) is 0 Å². The van der Waals surface area contributed by atoms with Gasteiger partial charge in [-0.2, -0.15) is 0 Å². The van der Waals surface area contributed by atoms with Crippen LogP contribution in [0.15, 0.2) is 18.2 Å². The molecular formula is C15H17F2NO5. The molecule has 1 aromatic rings. The van der Waals surface area contributed by atoms with Gasteiger partial charge in [-0.15, -0.1) is 0 Å². The van der Waals surface area contributed by atoms with Crippen molar-refractivity contribution in [2.75, 3.05) is 14.2 Å². The predicted octanol–water partition coefficient (Wildman–Crippen LogP) is 1.44. The lowest BCUT2D eigenvalue weighted by atomic mass is 10.0. The maximum atomic E-state index is 13.6. The monoisotopic (exact) mass is 329 g/mol. The summed E-state index contributed by atoms with van der Waals surface area (Å²) in [5.41, 5.74) is -0.551. The molecule has 0 fully saturated rings. The Hall–Kier alpha value is -2.51. The summed E-state index contributed by atoms with van der Waals surface area (Å²) in [5, 5.41) is 2.23. The molecule has 0 aromatic heterocycles. The van der Waals surface area contributed by atoms with Gasteiger partial charge in [-0.1, -0.05) is 13.0 Å². The zero-order valence-corrected chi connectivity index (χ0v) is 12.9. The lowest BCUT2D eigenvalue weighted by Crippen LogP contribution is -2.43. The number of esters is 2. The Kier molecular flexibility index (Phi) is 6.62. The summed E-state index contributed by atoms with van der Waals surface area (Å²) >= 11 is 0. The molecule has 0 unspecified atom stereocenters. The normalized spacial score (nSPS) is 12.9. The Labute approximate surface area is 131 Å². The molecule has 0 saturated carbocycles. The van der Waals surface area contributed by atoms with Crippen LogP contribution in [0.1, 0.15) is 23.7 Å². The average molecular weight is 329 g/mol. The van der Waals surface area contributed by atoms with Gasteiger partial charge in [-0.25, -0.2) is 13.6 Å². The third-order valence-corrected chi connectivity index (χ3v) is 3.18. The molecule has 0 bridgehead atoms. The van der Waals surface area contributed by atoms with Crippen molar-refractivity contribution in [3.05, 3.63) is 35.4 Å². The van der Waals surface area contributed by atoms with E-state index in [-0.39, 0.29) is 6.42 Å². The zero-order chi connectivity index (χ0) is 17.6. The van der Waals surface area contributed by atoms with E-state index in [1.165, 1.54) is 14.0 Å². The van der Waals surface area contributed by atoms with Crippen molar-refractivity contribution in [2.24, 2.45) is 5.92 Å². The highest BCUT2D eigenvalue weighted by Crippen LogP contribution is 2.14. The van der Waals surface area contributed by atoms with Gasteiger partial charge in [0.25, 0.3) is 5.91 Å². The summed E-state index contributed by atoms with van der Waals surface area (Å²) in [4.78, 5) is 35.2. The van der Waals surface area contributed by atoms with E-state index in [1.807, 2.05) is 0 Å². The number of nitrogens with one attached hydrogen (secondary N) is 1. The minimum Gasteiger partial charge on any atom is -0.469 e. The topological polar surface area (TPSA) is 81.7 Å². The lowest BCUT2D eigenvalue weighted by molar-refractivity contribution is -0.147. The van der Waals surface area contributed by atoms with Crippen molar-refractivity contribution < 1.29 is 32.6 Å². The zero-order valence-electron chi connectivity index (χ0n) is 12.9. The molecule has 0 aliphatic heterocycles. The highest BCUT2D eigenvalue weighted by Gasteiger charge is 2.28. The summed E-state index contributed by atoms with van der Waals surface area (Å²) in [6, 6.07) is 1.90. The van der Waals surface area contributed by atoms with Crippen molar-refractivity contribution in [1.82, 2.24) is 5.32 Å². The van der Waals surface area contributed by atoms with Gasteiger partial charge < -0.3 is 14.8 Å². The summed E-state index contributed by atoms with van der Waals surface area (Å²) in [7, 11) is 2.29. The molecule has 2 atom stereocenters. The number of rotatable bonds is 6. The van der Waals surface area contributed by atoms with Gasteiger partial charge in [-0.3, -0.25) is 9.59 Å². The van der Waals surface area contributed by atoms with Crippen molar-refractivity contribution in [3.63, 3.8) is 0 Å². The first-order valence-electron chi connectivity index (χ1n) is 6.72. The fourth-order valence-corrected chi connectivity index (χ4v) is 1.92. The summed E-state index contributed by atoms with van der Waals surface area (Å²) in [5.74, 6) is -5.60. The summed E-state index contributed by atoms with van der Waals surface area (Å²) in [6.45, 7) is 1.50. The number of benzene rings is 1. The number of amides is 1. The number of hydrogen-bond donors (Lipinski definition) is 1. The number of carbonyl (C=O) groups excluding carboxylic acids is 3. The van der Waals surface area contributed by atoms with E-state index in [4.69, 9.17) is 0 Å². The van der Waals surface area contributed by atoms with E-state index in [2.05, 4.69) is 14.8 Å². The predicted molar refractivity (Wildman–Crippen MR) is 75.4 cm³/mol. The molecule has 1 aromatic carbocycles. The highest BCUT2D eigenvalue weighted by molar-refractivity contribution is 5.97. The molecule has 0 spiro atoms. The molecule has 0 heterocycles. The summed E-state index contributed by atoms with van der Waals surface area (Å²) < 4.78 is 35.8. The SMILES string of the molecule is COC(=O)[C@H](C[C@H](C)C(=O)OC)NC(=O)c1cccc(F)c1F. The standard InChI is InChI=1S/C15H17F2NO5/c1-8(14(20)22-2)7-11(15(21)23-3)18-13(19)9-5-4-6-10(16)12(9)17/h4-6,8,11H,7H2,1-3H3,(H,18,19)/t8-,11-/m0/s1. The van der Waals surface area contributed by atoms with Crippen LogP contribution < -0.4 is 5.32 Å². The van der Waals surface area contributed by atoms with Gasteiger partial charge >= 0.3 is 11.9 Å². The Bertz CT molecular complexity index is 606. The molecule has 0 saturated heterocycles. The smallest absolute Gasteiger partial charge is 0.328 e. The fraction of sp³-hybridized carbons (Fsp3) is 0.400. The van der Waals surface area contributed by atoms with Crippen LogP contribution in [-0.4, -0.2) is 38.1 Å². The molecule has 1 amide bonds. The molecule has 0 aliphatic carbocycles. The van der Waals surface area contributed by atoms with Crippen LogP contribution in [-0.2, 0) is 19.1 Å². The molecule has 1 rings (SSSR count). The van der Waals surface area contributed by atoms with Crippen molar-refractivity contribution in [3.8, 4) is 0 Å². The second-order valence-electron chi connectivity index (χ2n) is 4.81. The first kappa shape index (κ1) is 18.5. The largest absolute Gasteiger partial charge is 0.469 e. The van der Waals surface area contributed by atoms with E-state index >= 15 is 0 Å². The molecule has 6 nitrogen and oxygen atoms in total. The number of hydrogen-bond acceptors (Lipinski definition) is 5. The van der Waals surface area contributed by atoms with Crippen LogP contribution >= 0.6 is 0 Å². The van der Waals surface area contributed by atoms with E-state index < -0.39 is 47.0 Å². The van der Waals surface area contributed by atoms with Crippen LogP contribution in [0.25, 0.3) is 0 Å². The number of carbonyl (C=O) groups is 3. The van der Waals surface area contributed by atoms with Crippen LogP contribution in [0.5, 0.6) is 0 Å². The van der Waals surface area contributed by atoms with Crippen LogP contribution in [0.4, 0.5) is 8.78 Å². The van der Waals surface area contributed by atoms with E-state index in [0.29, 0.717) is 0 Å². The molecule has 126 valence electrons. The van der Waals surface area contributed by atoms with E-state index in [9.17, 15) is 23.2 Å². The Morgan fingerprint density at radius 1 is 1.13 bits per heavy atom. The van der Waals surface area contributed by atoms with Gasteiger partial charge in [0.15, 0.2) is 11.6 Å². The third-order valence-electron chi connectivity index (χ3n) is 3.18. The van der Waals surface area contributed by atoms with Crippen LogP contribution in [0.3, 0.4) is 0 Å². The highest BCUT2D eigenvalue weighted by atomic mass is 19.2. The number of ether oxygens (including phenoxy) is 2. The average Bonchev–Trinajstić information content (AvgIpc) is 2.54. The first-order valence-corrected chi connectivity index (χ1v) is 6.72. The number of halogens is 2. The van der Waals surface area contributed by atoms with Crippen LogP contribution in [0, 0.1) is 17.6 Å². The van der Waals surface area contributed by atoms with Crippen molar-refractivity contribution >= 4 is 17.8 Å². The van der Waals surface area contributed by atoms with Gasteiger partial charge in [-0.05, 0) is 18.6 Å². The molecule has 8 heteroatoms. The van der Waals surface area contributed by atoms with Gasteiger partial charge in [0.05, 0.1) is 25.7 Å². The molecular weight excluding hydrogens is 312 g/mol. The third kappa shape index (κ3) is 4.73.